The van der Waals surface area contributed by atoms with Crippen molar-refractivity contribution in [3.63, 3.8) is 0 Å². The predicted molar refractivity (Wildman–Crippen MR) is 109 cm³/mol. The third-order valence-electron chi connectivity index (χ3n) is 5.05. The SMILES string of the molecule is COc1nccc(NC(=O)c2cnc3ccccc3n2)c1N1CCCC(F)(F)CC1. The maximum Gasteiger partial charge on any atom is 0.275 e. The van der Waals surface area contributed by atoms with Crippen LogP contribution in [0.4, 0.5) is 20.2 Å². The standard InChI is InChI=1S/C21H21F2N5O2/c1-30-20-18(28-11-4-8-21(22,23)9-12-28)16(7-10-24-20)27-19(29)17-13-25-14-5-2-3-6-15(14)26-17/h2-3,5-7,10,13H,4,8-9,11-12H2,1H3,(H,24,27,29). The lowest BCUT2D eigenvalue weighted by Crippen LogP contribution is -2.28. The van der Waals surface area contributed by atoms with Crippen LogP contribution in [0, 0.1) is 0 Å². The van der Waals surface area contributed by atoms with E-state index in [0.717, 1.165) is 0 Å². The highest BCUT2D eigenvalue weighted by Gasteiger charge is 2.33. The monoisotopic (exact) mass is 413 g/mol. The molecular weight excluding hydrogens is 392 g/mol. The number of nitrogens with zero attached hydrogens (tertiary/aromatic N) is 4. The van der Waals surface area contributed by atoms with Crippen LogP contribution in [0.25, 0.3) is 11.0 Å². The summed E-state index contributed by atoms with van der Waals surface area (Å²) in [5.74, 6) is -2.89. The Morgan fingerprint density at radius 1 is 1.13 bits per heavy atom. The summed E-state index contributed by atoms with van der Waals surface area (Å²) >= 11 is 0. The van der Waals surface area contributed by atoms with Crippen LogP contribution in [0.3, 0.4) is 0 Å². The Morgan fingerprint density at radius 2 is 1.93 bits per heavy atom. The lowest BCUT2D eigenvalue weighted by Gasteiger charge is -2.26. The van der Waals surface area contributed by atoms with Crippen LogP contribution in [0.1, 0.15) is 29.8 Å². The van der Waals surface area contributed by atoms with Crippen LogP contribution >= 0.6 is 0 Å². The second-order valence-corrected chi connectivity index (χ2v) is 7.11. The highest BCUT2D eigenvalue weighted by atomic mass is 19.3. The van der Waals surface area contributed by atoms with Crippen molar-refractivity contribution in [3.05, 3.63) is 48.4 Å². The number of halogens is 2. The summed E-state index contributed by atoms with van der Waals surface area (Å²) < 4.78 is 33.0. The molecule has 0 atom stereocenters. The van der Waals surface area contributed by atoms with Crippen LogP contribution in [-0.2, 0) is 0 Å². The number of rotatable bonds is 4. The molecule has 3 aromatic rings. The van der Waals surface area contributed by atoms with Crippen molar-refractivity contribution in [3.8, 4) is 5.88 Å². The number of anilines is 2. The molecule has 1 saturated heterocycles. The van der Waals surface area contributed by atoms with Crippen molar-refractivity contribution in [1.29, 1.82) is 0 Å². The summed E-state index contributed by atoms with van der Waals surface area (Å²) in [4.78, 5) is 27.4. The van der Waals surface area contributed by atoms with Gasteiger partial charge in [-0.1, -0.05) is 12.1 Å². The van der Waals surface area contributed by atoms with E-state index in [-0.39, 0.29) is 31.0 Å². The van der Waals surface area contributed by atoms with Crippen LogP contribution in [0.5, 0.6) is 5.88 Å². The third-order valence-corrected chi connectivity index (χ3v) is 5.05. The van der Waals surface area contributed by atoms with Crippen LogP contribution in [0.2, 0.25) is 0 Å². The van der Waals surface area contributed by atoms with Gasteiger partial charge < -0.3 is 15.0 Å². The van der Waals surface area contributed by atoms with Gasteiger partial charge in [-0.15, -0.1) is 0 Å². The summed E-state index contributed by atoms with van der Waals surface area (Å²) in [6.45, 7) is 0.546. The fourth-order valence-corrected chi connectivity index (χ4v) is 3.53. The molecule has 7 nitrogen and oxygen atoms in total. The molecule has 4 rings (SSSR count). The van der Waals surface area contributed by atoms with E-state index in [2.05, 4.69) is 20.3 Å². The zero-order valence-corrected chi connectivity index (χ0v) is 16.4. The third kappa shape index (κ3) is 4.14. The number of nitrogens with one attached hydrogen (secondary N) is 1. The molecule has 9 heteroatoms. The normalized spacial score (nSPS) is 16.2. The summed E-state index contributed by atoms with van der Waals surface area (Å²) in [5.41, 5.74) is 2.35. The van der Waals surface area contributed by atoms with E-state index in [0.29, 0.717) is 35.4 Å². The number of benzene rings is 1. The molecule has 0 radical (unpaired) electrons. The van der Waals surface area contributed by atoms with Gasteiger partial charge in [0.25, 0.3) is 5.91 Å². The van der Waals surface area contributed by atoms with E-state index in [4.69, 9.17) is 4.74 Å². The average molecular weight is 413 g/mol. The molecule has 0 bridgehead atoms. The highest BCUT2D eigenvalue weighted by molar-refractivity contribution is 6.05. The van der Waals surface area contributed by atoms with Crippen molar-refractivity contribution in [1.82, 2.24) is 15.0 Å². The predicted octanol–water partition coefficient (Wildman–Crippen LogP) is 3.91. The average Bonchev–Trinajstić information content (AvgIpc) is 2.93. The van der Waals surface area contributed by atoms with Crippen molar-refractivity contribution in [2.75, 3.05) is 30.4 Å². The molecule has 1 aliphatic rings. The van der Waals surface area contributed by atoms with Crippen molar-refractivity contribution in [2.45, 2.75) is 25.2 Å². The Labute approximate surface area is 172 Å². The number of pyridine rings is 1. The minimum atomic E-state index is -2.70. The molecule has 156 valence electrons. The molecule has 1 N–H and O–H groups in total. The number of para-hydroxylation sites is 2. The highest BCUT2D eigenvalue weighted by Crippen LogP contribution is 2.38. The molecule has 0 unspecified atom stereocenters. The molecule has 1 aromatic carbocycles. The van der Waals surface area contributed by atoms with Gasteiger partial charge in [0.15, 0.2) is 0 Å². The zero-order chi connectivity index (χ0) is 21.1. The molecule has 0 saturated carbocycles. The molecule has 30 heavy (non-hydrogen) atoms. The summed E-state index contributed by atoms with van der Waals surface area (Å²) in [6, 6.07) is 8.87. The first-order valence-electron chi connectivity index (χ1n) is 9.66. The zero-order valence-electron chi connectivity index (χ0n) is 16.4. The van der Waals surface area contributed by atoms with Gasteiger partial charge >= 0.3 is 0 Å². The quantitative estimate of drug-likeness (QED) is 0.699. The van der Waals surface area contributed by atoms with E-state index in [1.165, 1.54) is 19.5 Å². The van der Waals surface area contributed by atoms with Gasteiger partial charge in [-0.25, -0.2) is 18.7 Å². The Balaban J connectivity index is 1.64. The van der Waals surface area contributed by atoms with Gasteiger partial charge in [0.05, 0.1) is 30.0 Å². The Morgan fingerprint density at radius 3 is 2.73 bits per heavy atom. The molecule has 1 aliphatic heterocycles. The smallest absolute Gasteiger partial charge is 0.275 e. The second-order valence-electron chi connectivity index (χ2n) is 7.11. The number of fused-ring (bicyclic) bond motifs is 1. The fourth-order valence-electron chi connectivity index (χ4n) is 3.53. The van der Waals surface area contributed by atoms with E-state index >= 15 is 0 Å². The number of alkyl halides is 2. The van der Waals surface area contributed by atoms with E-state index in [1.807, 2.05) is 18.2 Å². The Bertz CT molecular complexity index is 1080. The number of methoxy groups -OCH3 is 1. The van der Waals surface area contributed by atoms with Gasteiger partial charge in [0.1, 0.15) is 11.4 Å². The number of hydrogen-bond donors (Lipinski definition) is 1. The molecule has 2 aromatic heterocycles. The van der Waals surface area contributed by atoms with Crippen LogP contribution in [-0.4, -0.2) is 47.0 Å². The first-order chi connectivity index (χ1) is 14.5. The first kappa shape index (κ1) is 19.9. The largest absolute Gasteiger partial charge is 0.479 e. The van der Waals surface area contributed by atoms with Gasteiger partial charge in [0, 0.05) is 32.1 Å². The molecule has 1 fully saturated rings. The maximum atomic E-state index is 13.8. The van der Waals surface area contributed by atoms with E-state index < -0.39 is 11.8 Å². The van der Waals surface area contributed by atoms with Gasteiger partial charge in [0.2, 0.25) is 11.8 Å². The van der Waals surface area contributed by atoms with Crippen LogP contribution in [0.15, 0.2) is 42.7 Å². The lowest BCUT2D eigenvalue weighted by molar-refractivity contribution is -0.0102. The van der Waals surface area contributed by atoms with Gasteiger partial charge in [-0.05, 0) is 24.6 Å². The summed E-state index contributed by atoms with van der Waals surface area (Å²) in [6.07, 6.45) is 2.79. The van der Waals surface area contributed by atoms with Gasteiger partial charge in [-0.3, -0.25) is 9.78 Å². The second kappa shape index (κ2) is 8.17. The maximum absolute atomic E-state index is 13.8. The molecular formula is C21H21F2N5O2. The fraction of sp³-hybridized carbons (Fsp3) is 0.333. The topological polar surface area (TPSA) is 80.2 Å². The van der Waals surface area contributed by atoms with E-state index in [9.17, 15) is 13.6 Å². The summed E-state index contributed by atoms with van der Waals surface area (Å²) in [5, 5.41) is 2.81. The number of aromatic nitrogens is 3. The Hall–Kier alpha value is -3.36. The first-order valence-corrected chi connectivity index (χ1v) is 9.66. The van der Waals surface area contributed by atoms with E-state index in [1.54, 1.807) is 17.0 Å². The van der Waals surface area contributed by atoms with Crippen LogP contribution < -0.4 is 15.0 Å². The lowest BCUT2D eigenvalue weighted by atomic mass is 10.1. The molecule has 3 heterocycles. The van der Waals surface area contributed by atoms with Crippen molar-refractivity contribution >= 4 is 28.3 Å². The molecule has 0 aliphatic carbocycles. The minimum absolute atomic E-state index is 0.133. The number of carbonyl (C=O) groups is 1. The number of hydrogen-bond acceptors (Lipinski definition) is 6. The number of ether oxygens (including phenoxy) is 1. The van der Waals surface area contributed by atoms with Crippen molar-refractivity contribution in [2.24, 2.45) is 0 Å². The number of carbonyl (C=O) groups excluding carboxylic acids is 1. The molecule has 0 spiro atoms. The van der Waals surface area contributed by atoms with Gasteiger partial charge in [-0.2, -0.15) is 0 Å². The number of amides is 1. The van der Waals surface area contributed by atoms with Crippen molar-refractivity contribution < 1.29 is 18.3 Å². The summed E-state index contributed by atoms with van der Waals surface area (Å²) in [7, 11) is 1.46. The molecule has 1 amide bonds. The Kier molecular flexibility index (Phi) is 5.43. The minimum Gasteiger partial charge on any atom is -0.479 e.